The molecular weight excluding hydrogens is 210 g/mol. The predicted molar refractivity (Wildman–Crippen MR) is 69.9 cm³/mol. The molecule has 3 aromatic rings. The van der Waals surface area contributed by atoms with Gasteiger partial charge in [0.05, 0.1) is 11.0 Å². The number of nitrogens with zero attached hydrogens (tertiary/aromatic N) is 3. The topological polar surface area (TPSA) is 30.7 Å². The number of hydrogen-bond acceptors (Lipinski definition) is 2. The summed E-state index contributed by atoms with van der Waals surface area (Å²) >= 11 is 0. The molecule has 0 saturated carbocycles. The van der Waals surface area contributed by atoms with Crippen molar-refractivity contribution in [3.05, 3.63) is 36.9 Å². The number of pyridine rings is 2. The fourth-order valence-corrected chi connectivity index (χ4v) is 2.35. The van der Waals surface area contributed by atoms with Gasteiger partial charge in [-0.1, -0.05) is 13.8 Å². The van der Waals surface area contributed by atoms with E-state index in [4.69, 9.17) is 0 Å². The van der Waals surface area contributed by atoms with Crippen LogP contribution < -0.4 is 0 Å². The highest BCUT2D eigenvalue weighted by atomic mass is 15.0. The number of rotatable bonds is 2. The first-order valence-corrected chi connectivity index (χ1v) is 5.93. The minimum Gasteiger partial charge on any atom is -0.340 e. The van der Waals surface area contributed by atoms with Gasteiger partial charge in [0.25, 0.3) is 0 Å². The van der Waals surface area contributed by atoms with Gasteiger partial charge < -0.3 is 4.57 Å². The number of fused-ring (bicyclic) bond motifs is 3. The summed E-state index contributed by atoms with van der Waals surface area (Å²) < 4.78 is 2.36. The Bertz CT molecular complexity index is 614. The molecule has 3 heteroatoms. The largest absolute Gasteiger partial charge is 0.340 e. The van der Waals surface area contributed by atoms with Crippen LogP contribution >= 0.6 is 0 Å². The van der Waals surface area contributed by atoms with Gasteiger partial charge in [0.2, 0.25) is 0 Å². The summed E-state index contributed by atoms with van der Waals surface area (Å²) in [4.78, 5) is 8.43. The molecule has 0 bridgehead atoms. The van der Waals surface area contributed by atoms with E-state index in [0.717, 1.165) is 6.54 Å². The van der Waals surface area contributed by atoms with Crippen LogP contribution in [0, 0.1) is 5.92 Å². The van der Waals surface area contributed by atoms with E-state index in [1.807, 2.05) is 24.8 Å². The van der Waals surface area contributed by atoms with Gasteiger partial charge in [0.15, 0.2) is 0 Å². The van der Waals surface area contributed by atoms with Crippen LogP contribution in [0.3, 0.4) is 0 Å². The fourth-order valence-electron chi connectivity index (χ4n) is 2.35. The molecule has 0 saturated heterocycles. The first kappa shape index (κ1) is 10.3. The van der Waals surface area contributed by atoms with Crippen LogP contribution in [0.25, 0.3) is 21.8 Å². The fraction of sp³-hybridized carbons (Fsp3) is 0.286. The van der Waals surface area contributed by atoms with E-state index < -0.39 is 0 Å². The van der Waals surface area contributed by atoms with Gasteiger partial charge in [0.1, 0.15) is 0 Å². The predicted octanol–water partition coefficient (Wildman–Crippen LogP) is 3.24. The van der Waals surface area contributed by atoms with Gasteiger partial charge in [-0.25, -0.2) is 0 Å². The minimum atomic E-state index is 0.620. The number of hydrogen-bond donors (Lipinski definition) is 0. The maximum Gasteiger partial charge on any atom is 0.0523 e. The summed E-state index contributed by atoms with van der Waals surface area (Å²) in [6.07, 6.45) is 7.56. The highest BCUT2D eigenvalue weighted by Crippen LogP contribution is 2.27. The molecule has 0 atom stereocenters. The second-order valence-corrected chi connectivity index (χ2v) is 4.79. The standard InChI is InChI=1S/C14H15N3/c1-10(2)9-17-13-3-5-15-7-11(13)12-8-16-6-4-14(12)17/h3-8,10H,9H2,1-2H3. The summed E-state index contributed by atoms with van der Waals surface area (Å²) in [6, 6.07) is 4.16. The molecule has 0 aromatic carbocycles. The summed E-state index contributed by atoms with van der Waals surface area (Å²) in [7, 11) is 0. The molecule has 0 spiro atoms. The lowest BCUT2D eigenvalue weighted by Crippen LogP contribution is -2.03. The maximum absolute atomic E-state index is 4.21. The minimum absolute atomic E-state index is 0.620. The van der Waals surface area contributed by atoms with Crippen LogP contribution in [-0.2, 0) is 6.54 Å². The van der Waals surface area contributed by atoms with Crippen molar-refractivity contribution < 1.29 is 0 Å². The van der Waals surface area contributed by atoms with Crippen LogP contribution in [-0.4, -0.2) is 14.5 Å². The van der Waals surface area contributed by atoms with Crippen molar-refractivity contribution in [1.82, 2.24) is 14.5 Å². The van der Waals surface area contributed by atoms with Crippen LogP contribution in [0.15, 0.2) is 36.9 Å². The lowest BCUT2D eigenvalue weighted by atomic mass is 10.2. The smallest absolute Gasteiger partial charge is 0.0523 e. The third-order valence-corrected chi connectivity index (χ3v) is 3.02. The highest BCUT2D eigenvalue weighted by Gasteiger charge is 2.10. The SMILES string of the molecule is CC(C)Cn1c2ccncc2c2cnccc21. The molecule has 17 heavy (non-hydrogen) atoms. The maximum atomic E-state index is 4.21. The van der Waals surface area contributed by atoms with Crippen molar-refractivity contribution in [2.75, 3.05) is 0 Å². The van der Waals surface area contributed by atoms with Crippen molar-refractivity contribution in [1.29, 1.82) is 0 Å². The first-order chi connectivity index (χ1) is 8.27. The van der Waals surface area contributed by atoms with Gasteiger partial charge in [-0.15, -0.1) is 0 Å². The molecule has 0 aliphatic heterocycles. The lowest BCUT2D eigenvalue weighted by molar-refractivity contribution is 0.545. The number of aromatic nitrogens is 3. The third kappa shape index (κ3) is 1.58. The molecule has 0 aliphatic carbocycles. The molecule has 3 rings (SSSR count). The quantitative estimate of drug-likeness (QED) is 0.670. The Kier molecular flexibility index (Phi) is 2.32. The van der Waals surface area contributed by atoms with Gasteiger partial charge in [0, 0.05) is 42.1 Å². The van der Waals surface area contributed by atoms with Gasteiger partial charge in [-0.3, -0.25) is 9.97 Å². The summed E-state index contributed by atoms with van der Waals surface area (Å²) in [5.41, 5.74) is 2.49. The second kappa shape index (κ2) is 3.84. The Labute approximate surface area is 100 Å². The Morgan fingerprint density at radius 3 is 2.00 bits per heavy atom. The highest BCUT2D eigenvalue weighted by molar-refractivity contribution is 6.07. The van der Waals surface area contributed by atoms with Crippen molar-refractivity contribution in [2.45, 2.75) is 20.4 Å². The third-order valence-electron chi connectivity index (χ3n) is 3.02. The molecule has 0 aliphatic rings. The average molecular weight is 225 g/mol. The lowest BCUT2D eigenvalue weighted by Gasteiger charge is -2.09. The van der Waals surface area contributed by atoms with E-state index in [-0.39, 0.29) is 0 Å². The zero-order chi connectivity index (χ0) is 11.8. The van der Waals surface area contributed by atoms with Crippen molar-refractivity contribution in [2.24, 2.45) is 5.92 Å². The summed E-state index contributed by atoms with van der Waals surface area (Å²) in [6.45, 7) is 5.49. The second-order valence-electron chi connectivity index (χ2n) is 4.79. The average Bonchev–Trinajstić information content (AvgIpc) is 2.65. The van der Waals surface area contributed by atoms with E-state index >= 15 is 0 Å². The molecule has 0 amide bonds. The first-order valence-electron chi connectivity index (χ1n) is 5.93. The van der Waals surface area contributed by atoms with E-state index in [1.165, 1.54) is 21.8 Å². The molecule has 3 nitrogen and oxygen atoms in total. The molecule has 86 valence electrons. The monoisotopic (exact) mass is 225 g/mol. The van der Waals surface area contributed by atoms with Crippen molar-refractivity contribution in [3.8, 4) is 0 Å². The Morgan fingerprint density at radius 2 is 1.53 bits per heavy atom. The molecule has 0 fully saturated rings. The summed E-state index contributed by atoms with van der Waals surface area (Å²) in [5, 5.41) is 2.38. The van der Waals surface area contributed by atoms with Crippen molar-refractivity contribution >= 4 is 21.8 Å². The van der Waals surface area contributed by atoms with Crippen molar-refractivity contribution in [3.63, 3.8) is 0 Å². The molecule has 0 N–H and O–H groups in total. The van der Waals surface area contributed by atoms with E-state index in [0.29, 0.717) is 5.92 Å². The van der Waals surface area contributed by atoms with Crippen LogP contribution in [0.1, 0.15) is 13.8 Å². The molecule has 0 radical (unpaired) electrons. The molecule has 0 unspecified atom stereocenters. The Balaban J connectivity index is 2.41. The van der Waals surface area contributed by atoms with E-state index in [1.54, 1.807) is 0 Å². The Hall–Kier alpha value is -1.90. The zero-order valence-electron chi connectivity index (χ0n) is 10.1. The van der Waals surface area contributed by atoms with Gasteiger partial charge in [-0.05, 0) is 18.1 Å². The summed E-state index contributed by atoms with van der Waals surface area (Å²) in [5.74, 6) is 0.620. The molecule has 3 aromatic heterocycles. The molecular formula is C14H15N3. The Morgan fingerprint density at radius 1 is 1.00 bits per heavy atom. The molecule has 3 heterocycles. The van der Waals surface area contributed by atoms with Gasteiger partial charge >= 0.3 is 0 Å². The van der Waals surface area contributed by atoms with E-state index in [2.05, 4.69) is 40.5 Å². The zero-order valence-corrected chi connectivity index (χ0v) is 10.1. The van der Waals surface area contributed by atoms with Crippen LogP contribution in [0.4, 0.5) is 0 Å². The van der Waals surface area contributed by atoms with Crippen LogP contribution in [0.5, 0.6) is 0 Å². The van der Waals surface area contributed by atoms with Crippen LogP contribution in [0.2, 0.25) is 0 Å². The van der Waals surface area contributed by atoms with E-state index in [9.17, 15) is 0 Å². The normalized spacial score (nSPS) is 11.7. The van der Waals surface area contributed by atoms with Gasteiger partial charge in [-0.2, -0.15) is 0 Å².